The van der Waals surface area contributed by atoms with Gasteiger partial charge in [-0.15, -0.1) is 11.3 Å². The van der Waals surface area contributed by atoms with Gasteiger partial charge in [0.2, 0.25) is 0 Å². The molecule has 4 nitrogen and oxygen atoms in total. The number of amides is 1. The van der Waals surface area contributed by atoms with E-state index in [9.17, 15) is 4.79 Å². The van der Waals surface area contributed by atoms with Crippen LogP contribution in [0.2, 0.25) is 5.02 Å². The zero-order valence-corrected chi connectivity index (χ0v) is 16.0. The van der Waals surface area contributed by atoms with Gasteiger partial charge >= 0.3 is 0 Å². The summed E-state index contributed by atoms with van der Waals surface area (Å²) in [4.78, 5) is 12.9. The molecule has 0 spiro atoms. The van der Waals surface area contributed by atoms with Gasteiger partial charge in [0.15, 0.2) is 0 Å². The van der Waals surface area contributed by atoms with Crippen molar-refractivity contribution < 1.29 is 9.53 Å². The van der Waals surface area contributed by atoms with Crippen LogP contribution in [-0.2, 0) is 0 Å². The summed E-state index contributed by atoms with van der Waals surface area (Å²) < 4.78 is 6.11. The Labute approximate surface area is 165 Å². The molecule has 0 aliphatic carbocycles. The lowest BCUT2D eigenvalue weighted by atomic mass is 10.1. The summed E-state index contributed by atoms with van der Waals surface area (Å²) in [5.74, 6) is 0.388. The first-order valence-corrected chi connectivity index (χ1v) is 9.43. The van der Waals surface area contributed by atoms with E-state index in [0.29, 0.717) is 9.90 Å². The molecule has 1 N–H and O–H groups in total. The lowest BCUT2D eigenvalue weighted by Gasteiger charge is -2.00. The molecule has 0 saturated heterocycles. The number of benzene rings is 3. The van der Waals surface area contributed by atoms with Crippen molar-refractivity contribution in [2.75, 3.05) is 7.11 Å². The number of carbonyl (C=O) groups is 1. The number of fused-ring (bicyclic) bond motifs is 2. The third kappa shape index (κ3) is 3.52. The lowest BCUT2D eigenvalue weighted by molar-refractivity contribution is 0.0959. The molecular weight excluding hydrogens is 380 g/mol. The van der Waals surface area contributed by atoms with Crippen molar-refractivity contribution in [3.8, 4) is 5.75 Å². The Bertz CT molecular complexity index is 1180. The fraction of sp³-hybridized carbons (Fsp3) is 0.0476. The van der Waals surface area contributed by atoms with Crippen molar-refractivity contribution in [1.82, 2.24) is 5.43 Å². The van der Waals surface area contributed by atoms with Gasteiger partial charge in [0.1, 0.15) is 10.6 Å². The van der Waals surface area contributed by atoms with E-state index in [0.717, 1.165) is 32.2 Å². The highest BCUT2D eigenvalue weighted by atomic mass is 35.5. The molecule has 0 fully saturated rings. The average Bonchev–Trinajstić information content (AvgIpc) is 3.03. The second-order valence-corrected chi connectivity index (χ2v) is 7.34. The maximum absolute atomic E-state index is 12.5. The second kappa shape index (κ2) is 7.39. The highest BCUT2D eigenvalue weighted by Gasteiger charge is 2.17. The number of ether oxygens (including phenoxy) is 1. The molecular formula is C21H15ClN2O2S. The van der Waals surface area contributed by atoms with Gasteiger partial charge in [-0.1, -0.05) is 48.0 Å². The van der Waals surface area contributed by atoms with Crippen molar-refractivity contribution in [3.63, 3.8) is 0 Å². The van der Waals surface area contributed by atoms with Crippen LogP contribution < -0.4 is 10.2 Å². The van der Waals surface area contributed by atoms with E-state index in [1.54, 1.807) is 13.3 Å². The number of carbonyl (C=O) groups excluding carboxylic acids is 1. The molecule has 134 valence electrons. The molecule has 4 aromatic rings. The first-order chi connectivity index (χ1) is 13.2. The molecule has 4 rings (SSSR count). The molecule has 1 heterocycles. The summed E-state index contributed by atoms with van der Waals surface area (Å²) in [5, 5.41) is 7.60. The van der Waals surface area contributed by atoms with Gasteiger partial charge in [-0.3, -0.25) is 4.79 Å². The molecule has 0 unspecified atom stereocenters. The van der Waals surface area contributed by atoms with Crippen molar-refractivity contribution in [2.45, 2.75) is 0 Å². The number of hydrogen-bond donors (Lipinski definition) is 1. The molecule has 0 atom stereocenters. The van der Waals surface area contributed by atoms with E-state index < -0.39 is 0 Å². The van der Waals surface area contributed by atoms with Crippen LogP contribution in [0.4, 0.5) is 0 Å². The van der Waals surface area contributed by atoms with Crippen LogP contribution in [0.3, 0.4) is 0 Å². The van der Waals surface area contributed by atoms with Crippen molar-refractivity contribution in [1.29, 1.82) is 0 Å². The number of nitrogens with zero attached hydrogens (tertiary/aromatic N) is 1. The zero-order valence-electron chi connectivity index (χ0n) is 14.4. The lowest BCUT2D eigenvalue weighted by Crippen LogP contribution is -2.16. The van der Waals surface area contributed by atoms with E-state index in [4.69, 9.17) is 16.3 Å². The highest BCUT2D eigenvalue weighted by molar-refractivity contribution is 7.21. The minimum Gasteiger partial charge on any atom is -0.497 e. The molecule has 1 amide bonds. The van der Waals surface area contributed by atoms with Gasteiger partial charge in [0.25, 0.3) is 5.91 Å². The quantitative estimate of drug-likeness (QED) is 0.368. The summed E-state index contributed by atoms with van der Waals surface area (Å²) in [6, 6.07) is 19.6. The summed E-state index contributed by atoms with van der Waals surface area (Å²) in [6.45, 7) is 0. The van der Waals surface area contributed by atoms with Gasteiger partial charge in [-0.05, 0) is 40.6 Å². The molecule has 27 heavy (non-hydrogen) atoms. The van der Waals surface area contributed by atoms with Crippen LogP contribution >= 0.6 is 22.9 Å². The van der Waals surface area contributed by atoms with Gasteiger partial charge in [-0.25, -0.2) is 5.43 Å². The van der Waals surface area contributed by atoms with Gasteiger partial charge in [0, 0.05) is 10.1 Å². The third-order valence-electron chi connectivity index (χ3n) is 4.20. The van der Waals surface area contributed by atoms with Crippen LogP contribution in [0, 0.1) is 0 Å². The SMILES string of the molecule is COc1ccc2c(Cl)c(C(=O)N/N=C/c3ccc4ccccc4c3)sc2c1. The van der Waals surface area contributed by atoms with Crippen LogP contribution in [0.1, 0.15) is 15.2 Å². The first-order valence-electron chi connectivity index (χ1n) is 8.24. The predicted octanol–water partition coefficient (Wildman–Crippen LogP) is 5.48. The summed E-state index contributed by atoms with van der Waals surface area (Å²) in [6.07, 6.45) is 1.62. The Morgan fingerprint density at radius 3 is 2.74 bits per heavy atom. The van der Waals surface area contributed by atoms with Crippen LogP contribution in [-0.4, -0.2) is 19.2 Å². The molecule has 0 bridgehead atoms. The molecule has 0 saturated carbocycles. The summed E-state index contributed by atoms with van der Waals surface area (Å²) >= 11 is 7.68. The van der Waals surface area contributed by atoms with Gasteiger partial charge in [-0.2, -0.15) is 5.10 Å². The Hall–Kier alpha value is -2.89. The smallest absolute Gasteiger partial charge is 0.283 e. The Balaban J connectivity index is 1.53. The first kappa shape index (κ1) is 17.5. The molecule has 1 aromatic heterocycles. The topological polar surface area (TPSA) is 50.7 Å². The molecule has 0 aliphatic rings. The van der Waals surface area contributed by atoms with Crippen LogP contribution in [0.15, 0.2) is 65.8 Å². The number of hydrogen-bond acceptors (Lipinski definition) is 4. The zero-order chi connectivity index (χ0) is 18.8. The minimum atomic E-state index is -0.336. The molecule has 3 aromatic carbocycles. The van der Waals surface area contributed by atoms with Crippen molar-refractivity contribution in [2.24, 2.45) is 5.10 Å². The maximum atomic E-state index is 12.5. The van der Waals surface area contributed by atoms with Gasteiger partial charge < -0.3 is 4.74 Å². The third-order valence-corrected chi connectivity index (χ3v) is 5.85. The predicted molar refractivity (Wildman–Crippen MR) is 112 cm³/mol. The average molecular weight is 395 g/mol. The maximum Gasteiger partial charge on any atom is 0.283 e. The normalized spacial score (nSPS) is 11.3. The van der Waals surface area contributed by atoms with E-state index in [-0.39, 0.29) is 5.91 Å². The molecule has 0 aliphatic heterocycles. The number of hydrazone groups is 1. The van der Waals surface area contributed by atoms with Crippen molar-refractivity contribution >= 4 is 55.9 Å². The largest absolute Gasteiger partial charge is 0.497 e. The molecule has 6 heteroatoms. The number of halogens is 1. The second-order valence-electron chi connectivity index (χ2n) is 5.91. The Morgan fingerprint density at radius 1 is 1.11 bits per heavy atom. The van der Waals surface area contributed by atoms with E-state index in [1.165, 1.54) is 11.3 Å². The van der Waals surface area contributed by atoms with E-state index in [2.05, 4.69) is 16.6 Å². The fourth-order valence-electron chi connectivity index (χ4n) is 2.82. The highest BCUT2D eigenvalue weighted by Crippen LogP contribution is 2.37. The fourth-order valence-corrected chi connectivity index (χ4v) is 4.26. The Morgan fingerprint density at radius 2 is 1.93 bits per heavy atom. The number of rotatable bonds is 4. The van der Waals surface area contributed by atoms with Gasteiger partial charge in [0.05, 0.1) is 18.3 Å². The summed E-state index contributed by atoms with van der Waals surface area (Å²) in [5.41, 5.74) is 3.45. The van der Waals surface area contributed by atoms with E-state index in [1.807, 2.05) is 54.6 Å². The number of thiophene rings is 1. The number of methoxy groups -OCH3 is 1. The minimum absolute atomic E-state index is 0.336. The number of nitrogens with one attached hydrogen (secondary N) is 1. The monoisotopic (exact) mass is 394 g/mol. The van der Waals surface area contributed by atoms with Crippen molar-refractivity contribution in [3.05, 3.63) is 76.1 Å². The van der Waals surface area contributed by atoms with E-state index >= 15 is 0 Å². The Kier molecular flexibility index (Phi) is 4.79. The molecule has 0 radical (unpaired) electrons. The van der Waals surface area contributed by atoms with Crippen LogP contribution in [0.5, 0.6) is 5.75 Å². The standard InChI is InChI=1S/C21H15ClN2O2S/c1-26-16-8-9-17-18(11-16)27-20(19(17)22)21(25)24-23-12-13-6-7-14-4-2-3-5-15(14)10-13/h2-12H,1H3,(H,24,25)/b23-12+. The summed E-state index contributed by atoms with van der Waals surface area (Å²) in [7, 11) is 1.60. The van der Waals surface area contributed by atoms with Crippen LogP contribution in [0.25, 0.3) is 20.9 Å².